The highest BCUT2D eigenvalue weighted by molar-refractivity contribution is 5.76. The fraction of sp³-hybridized carbons (Fsp3) is 0.588. The van der Waals surface area contributed by atoms with Gasteiger partial charge in [-0.05, 0) is 18.9 Å². The summed E-state index contributed by atoms with van der Waals surface area (Å²) in [4.78, 5) is 16.3. The molecule has 2 rings (SSSR count). The van der Waals surface area contributed by atoms with Gasteiger partial charge in [0.25, 0.3) is 0 Å². The summed E-state index contributed by atoms with van der Waals surface area (Å²) in [6, 6.07) is 8.41. The molecule has 1 aromatic carbocycles. The van der Waals surface area contributed by atoms with Gasteiger partial charge < -0.3 is 9.64 Å². The van der Waals surface area contributed by atoms with Crippen LogP contribution in [-0.4, -0.2) is 62.1 Å². The van der Waals surface area contributed by atoms with Gasteiger partial charge in [-0.1, -0.05) is 29.8 Å². The van der Waals surface area contributed by atoms with Crippen LogP contribution in [0.5, 0.6) is 0 Å². The van der Waals surface area contributed by atoms with Gasteiger partial charge in [0, 0.05) is 39.6 Å². The van der Waals surface area contributed by atoms with Crippen LogP contribution in [0.3, 0.4) is 0 Å². The number of morpholine rings is 1. The van der Waals surface area contributed by atoms with E-state index in [9.17, 15) is 4.79 Å². The summed E-state index contributed by atoms with van der Waals surface area (Å²) < 4.78 is 5.33. The van der Waals surface area contributed by atoms with Crippen LogP contribution in [0.15, 0.2) is 24.3 Å². The number of likely N-dealkylation sites (N-methyl/N-ethyl adjacent to an activating group) is 1. The Hall–Kier alpha value is -1.39. The molecule has 1 fully saturated rings. The summed E-state index contributed by atoms with van der Waals surface area (Å²) >= 11 is 0. The van der Waals surface area contributed by atoms with Gasteiger partial charge >= 0.3 is 0 Å². The Morgan fingerprint density at radius 3 is 2.57 bits per heavy atom. The number of aryl methyl sites for hydroxylation is 2. The average Bonchev–Trinajstić information content (AvgIpc) is 2.52. The van der Waals surface area contributed by atoms with Crippen LogP contribution in [0.2, 0.25) is 0 Å². The molecule has 1 saturated heterocycles. The lowest BCUT2D eigenvalue weighted by molar-refractivity contribution is -0.130. The first-order valence-electron chi connectivity index (χ1n) is 7.75. The first-order valence-corrected chi connectivity index (χ1v) is 7.75. The monoisotopic (exact) mass is 290 g/mol. The molecule has 0 spiro atoms. The molecule has 4 nitrogen and oxygen atoms in total. The topological polar surface area (TPSA) is 32.8 Å². The second kappa shape index (κ2) is 8.15. The quantitative estimate of drug-likeness (QED) is 0.800. The predicted molar refractivity (Wildman–Crippen MR) is 84.4 cm³/mol. The highest BCUT2D eigenvalue weighted by Gasteiger charge is 2.13. The molecule has 0 atom stereocenters. The van der Waals surface area contributed by atoms with E-state index in [2.05, 4.69) is 36.1 Å². The molecular formula is C17H26N2O2. The molecule has 0 aromatic heterocycles. The third kappa shape index (κ3) is 5.48. The zero-order chi connectivity index (χ0) is 15.1. The molecule has 0 saturated carbocycles. The number of carbonyl (C=O) groups is 1. The van der Waals surface area contributed by atoms with E-state index in [1.807, 2.05) is 11.9 Å². The van der Waals surface area contributed by atoms with Crippen LogP contribution in [-0.2, 0) is 16.0 Å². The van der Waals surface area contributed by atoms with Crippen molar-refractivity contribution in [3.05, 3.63) is 35.4 Å². The third-order valence-electron chi connectivity index (χ3n) is 4.03. The molecule has 0 bridgehead atoms. The highest BCUT2D eigenvalue weighted by atomic mass is 16.5. The SMILES string of the molecule is Cc1ccc(CCC(=O)N(C)CCN2CCOCC2)cc1. The van der Waals surface area contributed by atoms with Crippen molar-refractivity contribution in [2.75, 3.05) is 46.4 Å². The van der Waals surface area contributed by atoms with Crippen LogP contribution < -0.4 is 0 Å². The maximum atomic E-state index is 12.1. The molecule has 1 aliphatic heterocycles. The first kappa shape index (κ1) is 16.0. The molecule has 0 N–H and O–H groups in total. The number of ether oxygens (including phenoxy) is 1. The molecule has 0 aliphatic carbocycles. The zero-order valence-electron chi connectivity index (χ0n) is 13.2. The maximum absolute atomic E-state index is 12.1. The summed E-state index contributed by atoms with van der Waals surface area (Å²) in [5.41, 5.74) is 2.49. The van der Waals surface area contributed by atoms with Crippen molar-refractivity contribution in [2.24, 2.45) is 0 Å². The fourth-order valence-corrected chi connectivity index (χ4v) is 2.44. The van der Waals surface area contributed by atoms with Gasteiger partial charge in [0.2, 0.25) is 5.91 Å². The molecule has 21 heavy (non-hydrogen) atoms. The zero-order valence-corrected chi connectivity index (χ0v) is 13.2. The lowest BCUT2D eigenvalue weighted by Gasteiger charge is -2.28. The molecule has 1 aromatic rings. The molecule has 1 aliphatic rings. The van der Waals surface area contributed by atoms with Gasteiger partial charge in [0.15, 0.2) is 0 Å². The number of benzene rings is 1. The molecule has 1 amide bonds. The van der Waals surface area contributed by atoms with E-state index in [0.29, 0.717) is 6.42 Å². The van der Waals surface area contributed by atoms with Gasteiger partial charge in [-0.25, -0.2) is 0 Å². The Morgan fingerprint density at radius 2 is 1.90 bits per heavy atom. The van der Waals surface area contributed by atoms with Crippen molar-refractivity contribution in [3.8, 4) is 0 Å². The second-order valence-electron chi connectivity index (χ2n) is 5.75. The average molecular weight is 290 g/mol. The van der Waals surface area contributed by atoms with Crippen molar-refractivity contribution in [3.63, 3.8) is 0 Å². The normalized spacial score (nSPS) is 15.9. The summed E-state index contributed by atoms with van der Waals surface area (Å²) in [5, 5.41) is 0. The van der Waals surface area contributed by atoms with E-state index in [1.165, 1.54) is 11.1 Å². The number of carbonyl (C=O) groups excluding carboxylic acids is 1. The smallest absolute Gasteiger partial charge is 0.222 e. The Labute approximate surface area is 127 Å². The van der Waals surface area contributed by atoms with Crippen molar-refractivity contribution in [1.29, 1.82) is 0 Å². The largest absolute Gasteiger partial charge is 0.379 e. The maximum Gasteiger partial charge on any atom is 0.222 e. The number of hydrogen-bond acceptors (Lipinski definition) is 3. The number of amides is 1. The highest BCUT2D eigenvalue weighted by Crippen LogP contribution is 2.07. The fourth-order valence-electron chi connectivity index (χ4n) is 2.44. The minimum atomic E-state index is 0.226. The van der Waals surface area contributed by atoms with E-state index >= 15 is 0 Å². The Morgan fingerprint density at radius 1 is 1.24 bits per heavy atom. The molecule has 1 heterocycles. The lowest BCUT2D eigenvalue weighted by Crippen LogP contribution is -2.41. The van der Waals surface area contributed by atoms with Gasteiger partial charge in [0.1, 0.15) is 0 Å². The van der Waals surface area contributed by atoms with Crippen molar-refractivity contribution in [1.82, 2.24) is 9.80 Å². The van der Waals surface area contributed by atoms with Gasteiger partial charge in [-0.15, -0.1) is 0 Å². The minimum Gasteiger partial charge on any atom is -0.379 e. The summed E-state index contributed by atoms with van der Waals surface area (Å²) in [7, 11) is 1.90. The molecule has 4 heteroatoms. The lowest BCUT2D eigenvalue weighted by atomic mass is 10.1. The van der Waals surface area contributed by atoms with Crippen LogP contribution in [0.25, 0.3) is 0 Å². The standard InChI is InChI=1S/C17H26N2O2/c1-15-3-5-16(6-4-15)7-8-17(20)18(2)9-10-19-11-13-21-14-12-19/h3-6H,7-14H2,1-2H3. The Bertz CT molecular complexity index is 439. The first-order chi connectivity index (χ1) is 10.1. The molecule has 0 unspecified atom stereocenters. The number of nitrogens with zero attached hydrogens (tertiary/aromatic N) is 2. The Kier molecular flexibility index (Phi) is 6.21. The Balaban J connectivity index is 1.68. The van der Waals surface area contributed by atoms with Crippen molar-refractivity contribution in [2.45, 2.75) is 19.8 Å². The number of hydrogen-bond donors (Lipinski definition) is 0. The predicted octanol–water partition coefficient (Wildman–Crippen LogP) is 1.72. The van der Waals surface area contributed by atoms with Crippen LogP contribution in [0, 0.1) is 6.92 Å². The van der Waals surface area contributed by atoms with Crippen molar-refractivity contribution < 1.29 is 9.53 Å². The third-order valence-corrected chi connectivity index (χ3v) is 4.03. The van der Waals surface area contributed by atoms with E-state index in [4.69, 9.17) is 4.74 Å². The molecule has 116 valence electrons. The summed E-state index contributed by atoms with van der Waals surface area (Å²) in [6.45, 7) is 7.39. The summed E-state index contributed by atoms with van der Waals surface area (Å²) in [6.07, 6.45) is 1.41. The van der Waals surface area contributed by atoms with Crippen LogP contribution >= 0.6 is 0 Å². The second-order valence-corrected chi connectivity index (χ2v) is 5.75. The van der Waals surface area contributed by atoms with E-state index in [-0.39, 0.29) is 5.91 Å². The number of rotatable bonds is 6. The van der Waals surface area contributed by atoms with E-state index in [0.717, 1.165) is 45.8 Å². The minimum absolute atomic E-state index is 0.226. The van der Waals surface area contributed by atoms with Gasteiger partial charge in [-0.3, -0.25) is 9.69 Å². The van der Waals surface area contributed by atoms with E-state index < -0.39 is 0 Å². The summed E-state index contributed by atoms with van der Waals surface area (Å²) in [5.74, 6) is 0.226. The van der Waals surface area contributed by atoms with Crippen LogP contribution in [0.1, 0.15) is 17.5 Å². The van der Waals surface area contributed by atoms with Crippen molar-refractivity contribution >= 4 is 5.91 Å². The van der Waals surface area contributed by atoms with Gasteiger partial charge in [0.05, 0.1) is 13.2 Å². The molecule has 0 radical (unpaired) electrons. The van der Waals surface area contributed by atoms with Crippen LogP contribution in [0.4, 0.5) is 0 Å². The van der Waals surface area contributed by atoms with Gasteiger partial charge in [-0.2, -0.15) is 0 Å². The van der Waals surface area contributed by atoms with E-state index in [1.54, 1.807) is 0 Å². The molecular weight excluding hydrogens is 264 g/mol.